The first-order valence-electron chi connectivity index (χ1n) is 8.65. The summed E-state index contributed by atoms with van der Waals surface area (Å²) >= 11 is 0. The Hall–Kier alpha value is -3.36. The van der Waals surface area contributed by atoms with Gasteiger partial charge in [0.2, 0.25) is 23.0 Å². The number of para-hydroxylation sites is 2. The molecule has 2 atom stereocenters. The Morgan fingerprint density at radius 3 is 1.97 bits per heavy atom. The van der Waals surface area contributed by atoms with Crippen LogP contribution in [-0.2, 0) is 11.8 Å². The smallest absolute Gasteiger partial charge is 0.343 e. The van der Waals surface area contributed by atoms with E-state index in [9.17, 15) is 31.1 Å². The number of allylic oxidation sites excluding steroid dienone is 2. The molecule has 3 aromatic rings. The Labute approximate surface area is 165 Å². The fraction of sp³-hybridized carbons (Fsp3) is 0.143. The second-order valence-electron chi connectivity index (χ2n) is 6.66. The number of alkyl halides is 2. The molecule has 0 amide bonds. The second-order valence-corrected chi connectivity index (χ2v) is 6.66. The van der Waals surface area contributed by atoms with Crippen LogP contribution in [-0.4, -0.2) is 18.0 Å². The van der Waals surface area contributed by atoms with Gasteiger partial charge in [0, 0.05) is 12.1 Å². The number of ether oxygens (including phenoxy) is 1. The third-order valence-electron chi connectivity index (χ3n) is 4.96. The van der Waals surface area contributed by atoms with Gasteiger partial charge in [-0.2, -0.15) is 8.96 Å². The van der Waals surface area contributed by atoms with E-state index in [1.807, 2.05) is 0 Å². The molecule has 0 bridgehead atoms. The van der Waals surface area contributed by atoms with Crippen molar-refractivity contribution in [3.63, 3.8) is 0 Å². The van der Waals surface area contributed by atoms with E-state index in [0.717, 1.165) is 0 Å². The summed E-state index contributed by atoms with van der Waals surface area (Å²) < 4.78 is 89.4. The molecular formula is C21H12F6NO2+. The fourth-order valence-corrected chi connectivity index (χ4v) is 3.47. The van der Waals surface area contributed by atoms with Crippen molar-refractivity contribution in [2.24, 2.45) is 7.05 Å². The van der Waals surface area contributed by atoms with E-state index in [4.69, 9.17) is 0 Å². The van der Waals surface area contributed by atoms with Gasteiger partial charge in [-0.05, 0) is 12.1 Å². The molecule has 1 aliphatic carbocycles. The van der Waals surface area contributed by atoms with E-state index >= 15 is 0 Å². The average Bonchev–Trinajstić information content (AvgIpc) is 2.75. The summed E-state index contributed by atoms with van der Waals surface area (Å²) in [6, 6.07) is 12.7. The molecule has 9 heteroatoms. The molecule has 0 radical (unpaired) electrons. The van der Waals surface area contributed by atoms with Crippen LogP contribution in [0.4, 0.5) is 26.3 Å². The maximum atomic E-state index is 14.9. The summed E-state index contributed by atoms with van der Waals surface area (Å²) in [6.45, 7) is 0. The average molecular weight is 424 g/mol. The van der Waals surface area contributed by atoms with Crippen molar-refractivity contribution >= 4 is 27.8 Å². The lowest BCUT2D eigenvalue weighted by Gasteiger charge is -2.29. The summed E-state index contributed by atoms with van der Waals surface area (Å²) in [5.41, 5.74) is 0.721. The highest BCUT2D eigenvalue weighted by atomic mass is 19.2. The van der Waals surface area contributed by atoms with Crippen LogP contribution in [0.3, 0.4) is 0 Å². The molecule has 3 nitrogen and oxygen atoms in total. The number of nitrogens with zero attached hydrogens (tertiary/aromatic N) is 1. The van der Waals surface area contributed by atoms with Gasteiger partial charge in [-0.1, -0.05) is 24.3 Å². The van der Waals surface area contributed by atoms with Crippen LogP contribution in [0.1, 0.15) is 10.4 Å². The van der Waals surface area contributed by atoms with E-state index in [2.05, 4.69) is 4.74 Å². The minimum Gasteiger partial charge on any atom is -0.414 e. The number of halogens is 6. The number of hydrogen-bond donors (Lipinski definition) is 0. The van der Waals surface area contributed by atoms with E-state index in [-0.39, 0.29) is 16.3 Å². The predicted octanol–water partition coefficient (Wildman–Crippen LogP) is 5.29. The van der Waals surface area contributed by atoms with Crippen molar-refractivity contribution in [2.45, 2.75) is 12.0 Å². The molecule has 2 aromatic carbocycles. The quantitative estimate of drug-likeness (QED) is 0.242. The Morgan fingerprint density at radius 1 is 0.933 bits per heavy atom. The van der Waals surface area contributed by atoms with Crippen LogP contribution in [0.5, 0.6) is 0 Å². The molecule has 154 valence electrons. The van der Waals surface area contributed by atoms with E-state index in [1.54, 1.807) is 48.0 Å². The van der Waals surface area contributed by atoms with E-state index < -0.39 is 41.3 Å². The summed E-state index contributed by atoms with van der Waals surface area (Å²) in [5, 5.41) is 0.483. The van der Waals surface area contributed by atoms with Gasteiger partial charge in [0.25, 0.3) is 0 Å². The Morgan fingerprint density at radius 2 is 1.43 bits per heavy atom. The van der Waals surface area contributed by atoms with Crippen LogP contribution in [0.15, 0.2) is 71.8 Å². The normalized spacial score (nSPS) is 22.2. The first-order valence-corrected chi connectivity index (χ1v) is 8.65. The summed E-state index contributed by atoms with van der Waals surface area (Å²) in [6.07, 6.45) is -3.71. The molecule has 1 aliphatic rings. The lowest BCUT2D eigenvalue weighted by atomic mass is 10.0. The van der Waals surface area contributed by atoms with Crippen molar-refractivity contribution < 1.29 is 40.4 Å². The molecule has 0 fully saturated rings. The number of carbonyl (C=O) groups is 1. The summed E-state index contributed by atoms with van der Waals surface area (Å²) in [5.74, 6) is -16.4. The van der Waals surface area contributed by atoms with Crippen molar-refractivity contribution in [1.82, 2.24) is 0 Å². The lowest BCUT2D eigenvalue weighted by Crippen LogP contribution is -2.44. The van der Waals surface area contributed by atoms with Gasteiger partial charge in [0.15, 0.2) is 17.5 Å². The Bertz CT molecular complexity index is 1230. The maximum Gasteiger partial charge on any atom is 0.343 e. The van der Waals surface area contributed by atoms with E-state index in [0.29, 0.717) is 11.0 Å². The number of esters is 1. The van der Waals surface area contributed by atoms with Crippen LogP contribution in [0, 0.1) is 0 Å². The zero-order chi connectivity index (χ0) is 21.8. The highest BCUT2D eigenvalue weighted by Gasteiger charge is 2.58. The zero-order valence-corrected chi connectivity index (χ0v) is 15.2. The van der Waals surface area contributed by atoms with Crippen molar-refractivity contribution in [1.29, 1.82) is 0 Å². The van der Waals surface area contributed by atoms with Crippen molar-refractivity contribution in [2.75, 3.05) is 0 Å². The highest BCUT2D eigenvalue weighted by molar-refractivity contribution is 6.13. The SMILES string of the molecule is C[n+]1c2ccccc2c(C(=O)OC2(F)C(F)=C(F)C(F)=C(F)C2F)c2ccccc21. The standard InChI is InChI=1S/C21H12F6NO2/c1-28-12-8-4-2-6-10(12)14(11-7-3-5-9-13(11)28)20(29)30-21(27)18(25)16(23)15(22)17(24)19(21)26/h2-9,18H,1H3/q+1. The van der Waals surface area contributed by atoms with Gasteiger partial charge in [0.1, 0.15) is 7.05 Å². The molecular weight excluding hydrogens is 412 g/mol. The molecule has 0 N–H and O–H groups in total. The number of pyridine rings is 1. The number of carbonyl (C=O) groups excluding carboxylic acids is 1. The number of hydrogen-bond acceptors (Lipinski definition) is 2. The number of aryl methyl sites for hydroxylation is 1. The third-order valence-corrected chi connectivity index (χ3v) is 4.96. The van der Waals surface area contributed by atoms with Gasteiger partial charge < -0.3 is 4.74 Å². The van der Waals surface area contributed by atoms with Crippen LogP contribution in [0.2, 0.25) is 0 Å². The molecule has 2 unspecified atom stereocenters. The number of benzene rings is 2. The second kappa shape index (κ2) is 6.86. The first-order chi connectivity index (χ1) is 14.2. The van der Waals surface area contributed by atoms with Crippen LogP contribution < -0.4 is 4.57 Å². The van der Waals surface area contributed by atoms with Crippen LogP contribution in [0.25, 0.3) is 21.8 Å². The van der Waals surface area contributed by atoms with Crippen molar-refractivity contribution in [3.05, 3.63) is 77.4 Å². The minimum atomic E-state index is -4.50. The molecule has 0 saturated heterocycles. The zero-order valence-electron chi connectivity index (χ0n) is 15.2. The van der Waals surface area contributed by atoms with Crippen molar-refractivity contribution in [3.8, 4) is 0 Å². The fourth-order valence-electron chi connectivity index (χ4n) is 3.47. The topological polar surface area (TPSA) is 30.2 Å². The highest BCUT2D eigenvalue weighted by Crippen LogP contribution is 2.45. The van der Waals surface area contributed by atoms with Gasteiger partial charge in [-0.3, -0.25) is 0 Å². The Kier molecular flexibility index (Phi) is 4.56. The lowest BCUT2D eigenvalue weighted by molar-refractivity contribution is -0.617. The third kappa shape index (κ3) is 2.68. The van der Waals surface area contributed by atoms with Gasteiger partial charge in [-0.25, -0.2) is 26.7 Å². The van der Waals surface area contributed by atoms with Crippen LogP contribution >= 0.6 is 0 Å². The maximum absolute atomic E-state index is 14.9. The largest absolute Gasteiger partial charge is 0.414 e. The monoisotopic (exact) mass is 424 g/mol. The molecule has 0 aliphatic heterocycles. The minimum absolute atomic E-state index is 0.241. The number of fused-ring (bicyclic) bond motifs is 2. The molecule has 1 aromatic heterocycles. The molecule has 30 heavy (non-hydrogen) atoms. The molecule has 4 rings (SSSR count). The molecule has 0 spiro atoms. The molecule has 0 saturated carbocycles. The predicted molar refractivity (Wildman–Crippen MR) is 95.3 cm³/mol. The number of rotatable bonds is 2. The van der Waals surface area contributed by atoms with Gasteiger partial charge >= 0.3 is 11.8 Å². The first kappa shape index (κ1) is 19.9. The summed E-state index contributed by atoms with van der Waals surface area (Å²) in [7, 11) is 1.70. The summed E-state index contributed by atoms with van der Waals surface area (Å²) in [4.78, 5) is 12.9. The van der Waals surface area contributed by atoms with Gasteiger partial charge in [0.05, 0.1) is 16.3 Å². The number of aromatic nitrogens is 1. The van der Waals surface area contributed by atoms with Gasteiger partial charge in [-0.15, -0.1) is 0 Å². The molecule has 1 heterocycles. The Balaban J connectivity index is 1.92. The van der Waals surface area contributed by atoms with E-state index in [1.165, 1.54) is 12.1 Å².